The molecule has 1 atom stereocenters. The highest BCUT2D eigenvalue weighted by atomic mass is 32.1. The molecule has 6 nitrogen and oxygen atoms in total. The second kappa shape index (κ2) is 10.7. The van der Waals surface area contributed by atoms with Crippen molar-refractivity contribution in [1.29, 1.82) is 0 Å². The van der Waals surface area contributed by atoms with E-state index in [1.807, 2.05) is 13.0 Å². The summed E-state index contributed by atoms with van der Waals surface area (Å²) >= 11 is 1.36. The van der Waals surface area contributed by atoms with Crippen LogP contribution < -0.4 is 10.6 Å². The van der Waals surface area contributed by atoms with Crippen LogP contribution in [0.15, 0.2) is 30.3 Å². The summed E-state index contributed by atoms with van der Waals surface area (Å²) in [6, 6.07) is 5.22. The quantitative estimate of drug-likeness (QED) is 0.559. The van der Waals surface area contributed by atoms with Crippen molar-refractivity contribution < 1.29 is 28.0 Å². The minimum atomic E-state index is -1.23. The lowest BCUT2D eigenvalue weighted by atomic mass is 10.0. The number of rotatable bonds is 10. The van der Waals surface area contributed by atoms with Gasteiger partial charge in [0.2, 0.25) is 11.8 Å². The number of hydrogen-bond acceptors (Lipinski definition) is 5. The van der Waals surface area contributed by atoms with Gasteiger partial charge in [-0.2, -0.15) is 0 Å². The molecule has 0 bridgehead atoms. The first-order chi connectivity index (χ1) is 14.2. The zero-order valence-electron chi connectivity index (χ0n) is 16.6. The maximum Gasteiger partial charge on any atom is 0.246 e. The maximum absolute atomic E-state index is 13.5. The van der Waals surface area contributed by atoms with Gasteiger partial charge in [-0.25, -0.2) is 8.78 Å². The van der Waals surface area contributed by atoms with E-state index in [1.165, 1.54) is 24.5 Å². The third-order valence-corrected chi connectivity index (χ3v) is 5.41. The maximum atomic E-state index is 13.5. The van der Waals surface area contributed by atoms with Crippen LogP contribution in [0.4, 0.5) is 8.78 Å². The van der Waals surface area contributed by atoms with Gasteiger partial charge in [-0.1, -0.05) is 6.07 Å². The van der Waals surface area contributed by atoms with E-state index < -0.39 is 29.5 Å². The summed E-state index contributed by atoms with van der Waals surface area (Å²) in [6.45, 7) is 1.89. The third kappa shape index (κ3) is 6.55. The molecule has 2 aromatic rings. The SMILES string of the molecule is CNC(=O)C(NC(=O)CCC(=O)CCC(=O)c1ccc(C)s1)c1ccc(F)c(F)c1. The molecule has 0 saturated carbocycles. The Balaban J connectivity index is 1.87. The Hall–Kier alpha value is -2.94. The van der Waals surface area contributed by atoms with E-state index in [0.717, 1.165) is 17.0 Å². The fraction of sp³-hybridized carbons (Fsp3) is 0.333. The zero-order valence-corrected chi connectivity index (χ0v) is 17.4. The van der Waals surface area contributed by atoms with Crippen molar-refractivity contribution in [3.05, 3.63) is 57.3 Å². The average molecular weight is 436 g/mol. The van der Waals surface area contributed by atoms with E-state index in [2.05, 4.69) is 10.6 Å². The molecule has 2 N–H and O–H groups in total. The molecule has 160 valence electrons. The fourth-order valence-electron chi connectivity index (χ4n) is 2.71. The average Bonchev–Trinajstić information content (AvgIpc) is 3.16. The standard InChI is InChI=1S/C21H22F2N2O4S/c1-12-3-9-18(30-12)17(27)8-5-14(26)6-10-19(28)25-20(21(29)24-2)13-4-7-15(22)16(23)11-13/h3-4,7,9,11,20H,5-6,8,10H2,1-2H3,(H,24,29)(H,25,28). The van der Waals surface area contributed by atoms with Gasteiger partial charge in [0.15, 0.2) is 17.4 Å². The summed E-state index contributed by atoms with van der Waals surface area (Å²) in [5, 5.41) is 4.77. The predicted octanol–water partition coefficient (Wildman–Crippen LogP) is 3.25. The molecule has 0 saturated heterocycles. The first-order valence-corrected chi connectivity index (χ1v) is 10.1. The van der Waals surface area contributed by atoms with Gasteiger partial charge in [-0.05, 0) is 36.8 Å². The summed E-state index contributed by atoms with van der Waals surface area (Å²) in [5.74, 6) is -3.80. The van der Waals surface area contributed by atoms with Crippen molar-refractivity contribution >= 4 is 34.7 Å². The Bertz CT molecular complexity index is 958. The number of thiophene rings is 1. The lowest BCUT2D eigenvalue weighted by Gasteiger charge is -2.18. The Morgan fingerprint density at radius 1 is 0.967 bits per heavy atom. The predicted molar refractivity (Wildman–Crippen MR) is 108 cm³/mol. The smallest absolute Gasteiger partial charge is 0.246 e. The van der Waals surface area contributed by atoms with E-state index >= 15 is 0 Å². The largest absolute Gasteiger partial charge is 0.357 e. The molecule has 1 aromatic heterocycles. The lowest BCUT2D eigenvalue weighted by Crippen LogP contribution is -2.39. The summed E-state index contributed by atoms with van der Waals surface area (Å²) in [5.41, 5.74) is 0.0739. The molecule has 2 rings (SSSR count). The summed E-state index contributed by atoms with van der Waals surface area (Å²) in [4.78, 5) is 49.9. The Labute approximate surface area is 176 Å². The van der Waals surface area contributed by atoms with Gasteiger partial charge in [0.25, 0.3) is 0 Å². The van der Waals surface area contributed by atoms with Gasteiger partial charge in [0.1, 0.15) is 11.8 Å². The van der Waals surface area contributed by atoms with Crippen molar-refractivity contribution in [3.63, 3.8) is 0 Å². The van der Waals surface area contributed by atoms with Crippen LogP contribution in [0.5, 0.6) is 0 Å². The highest BCUT2D eigenvalue weighted by Gasteiger charge is 2.23. The third-order valence-electron chi connectivity index (χ3n) is 4.37. The number of benzene rings is 1. The second-order valence-corrected chi connectivity index (χ2v) is 7.95. The molecule has 30 heavy (non-hydrogen) atoms. The van der Waals surface area contributed by atoms with Crippen LogP contribution in [-0.2, 0) is 14.4 Å². The minimum absolute atomic E-state index is 0.0190. The van der Waals surface area contributed by atoms with Gasteiger partial charge in [-0.15, -0.1) is 11.3 Å². The van der Waals surface area contributed by atoms with Crippen LogP contribution in [-0.4, -0.2) is 30.4 Å². The number of aryl methyl sites for hydroxylation is 1. The number of carbonyl (C=O) groups is 4. The van der Waals surface area contributed by atoms with E-state index in [0.29, 0.717) is 4.88 Å². The molecule has 0 aliphatic heterocycles. The molecule has 1 heterocycles. The van der Waals surface area contributed by atoms with E-state index in [-0.39, 0.29) is 42.8 Å². The molecule has 0 spiro atoms. The Kier molecular flexibility index (Phi) is 8.35. The van der Waals surface area contributed by atoms with E-state index in [4.69, 9.17) is 0 Å². The Morgan fingerprint density at radius 3 is 2.27 bits per heavy atom. The van der Waals surface area contributed by atoms with Gasteiger partial charge < -0.3 is 10.6 Å². The zero-order chi connectivity index (χ0) is 22.3. The molecule has 0 aliphatic rings. The van der Waals surface area contributed by atoms with Gasteiger partial charge in [0.05, 0.1) is 4.88 Å². The molecule has 9 heteroatoms. The Morgan fingerprint density at radius 2 is 1.67 bits per heavy atom. The van der Waals surface area contributed by atoms with Crippen molar-refractivity contribution in [1.82, 2.24) is 10.6 Å². The van der Waals surface area contributed by atoms with E-state index in [1.54, 1.807) is 6.07 Å². The first-order valence-electron chi connectivity index (χ1n) is 9.28. The van der Waals surface area contributed by atoms with Gasteiger partial charge >= 0.3 is 0 Å². The van der Waals surface area contributed by atoms with Gasteiger partial charge in [0, 0.05) is 37.6 Å². The normalized spacial score (nSPS) is 11.6. The highest BCUT2D eigenvalue weighted by molar-refractivity contribution is 7.14. The van der Waals surface area contributed by atoms with Crippen molar-refractivity contribution in [2.24, 2.45) is 0 Å². The molecule has 0 aliphatic carbocycles. The van der Waals surface area contributed by atoms with Crippen molar-refractivity contribution in [2.75, 3.05) is 7.05 Å². The second-order valence-electron chi connectivity index (χ2n) is 6.66. The van der Waals surface area contributed by atoms with Crippen LogP contribution >= 0.6 is 11.3 Å². The first kappa shape index (κ1) is 23.3. The molecular formula is C21H22F2N2O4S. The van der Waals surface area contributed by atoms with Crippen LogP contribution in [0.3, 0.4) is 0 Å². The molecular weight excluding hydrogens is 414 g/mol. The monoisotopic (exact) mass is 436 g/mol. The summed E-state index contributed by atoms with van der Waals surface area (Å²) < 4.78 is 26.6. The van der Waals surface area contributed by atoms with Crippen molar-refractivity contribution in [3.8, 4) is 0 Å². The number of likely N-dealkylation sites (N-methyl/N-ethyl adjacent to an activating group) is 1. The van der Waals surface area contributed by atoms with E-state index in [9.17, 15) is 28.0 Å². The van der Waals surface area contributed by atoms with Crippen LogP contribution in [0.1, 0.15) is 51.8 Å². The molecule has 1 aromatic carbocycles. The number of halogens is 2. The van der Waals surface area contributed by atoms with Crippen molar-refractivity contribution in [2.45, 2.75) is 38.6 Å². The number of Topliss-reactive ketones (excluding diaryl/α,β-unsaturated/α-hetero) is 2. The lowest BCUT2D eigenvalue weighted by molar-refractivity contribution is -0.129. The fourth-order valence-corrected chi connectivity index (χ4v) is 3.54. The number of amides is 2. The van der Waals surface area contributed by atoms with Crippen LogP contribution in [0.25, 0.3) is 0 Å². The summed E-state index contributed by atoms with van der Waals surface area (Å²) in [7, 11) is 1.34. The van der Waals surface area contributed by atoms with Crippen LogP contribution in [0, 0.1) is 18.6 Å². The van der Waals surface area contributed by atoms with Crippen LogP contribution in [0.2, 0.25) is 0 Å². The summed E-state index contributed by atoms with van der Waals surface area (Å²) in [6.07, 6.45) is -0.204. The number of ketones is 2. The molecule has 0 radical (unpaired) electrons. The topological polar surface area (TPSA) is 92.3 Å². The van der Waals surface area contributed by atoms with Gasteiger partial charge in [-0.3, -0.25) is 19.2 Å². The number of nitrogens with one attached hydrogen (secondary N) is 2. The number of hydrogen-bond donors (Lipinski definition) is 2. The highest BCUT2D eigenvalue weighted by Crippen LogP contribution is 2.19. The molecule has 1 unspecified atom stereocenters. The minimum Gasteiger partial charge on any atom is -0.357 e. The molecule has 2 amide bonds. The molecule has 0 fully saturated rings. The number of carbonyl (C=O) groups excluding carboxylic acids is 4.